The zero-order valence-corrected chi connectivity index (χ0v) is 9.18. The van der Waals surface area contributed by atoms with Crippen molar-refractivity contribution in [1.29, 1.82) is 0 Å². The van der Waals surface area contributed by atoms with Crippen molar-refractivity contribution in [2.45, 2.75) is 6.10 Å². The van der Waals surface area contributed by atoms with E-state index in [2.05, 4.69) is 9.97 Å². The molecule has 0 aliphatic rings. The first-order chi connectivity index (χ1) is 7.74. The largest absolute Gasteiger partial charge is 0.480 e. The Morgan fingerprint density at radius 2 is 2.19 bits per heavy atom. The highest BCUT2D eigenvalue weighted by Gasteiger charge is 2.21. The molecule has 0 fully saturated rings. The molecule has 1 atom stereocenters. The van der Waals surface area contributed by atoms with Gasteiger partial charge in [0.05, 0.1) is 13.4 Å². The van der Waals surface area contributed by atoms with Crippen LogP contribution < -0.4 is 4.74 Å². The predicted octanol–water partition coefficient (Wildman–Crippen LogP) is 1.81. The Labute approximate surface area is 96.7 Å². The Balaban J connectivity index is 2.41. The van der Waals surface area contributed by atoms with Gasteiger partial charge in [0.1, 0.15) is 11.8 Å². The topological polar surface area (TPSA) is 68.4 Å². The van der Waals surface area contributed by atoms with E-state index in [9.17, 15) is 5.11 Å². The SMILES string of the molecule is COc1nccnc1C(O)c1ccoc1Cl. The van der Waals surface area contributed by atoms with E-state index in [1.807, 2.05) is 0 Å². The standard InChI is InChI=1S/C10H9ClN2O3/c1-15-10-7(12-3-4-13-10)8(14)6-2-5-16-9(6)11/h2-5,8,14H,1H3. The van der Waals surface area contributed by atoms with Gasteiger partial charge in [0, 0.05) is 18.0 Å². The van der Waals surface area contributed by atoms with Crippen LogP contribution >= 0.6 is 11.6 Å². The minimum atomic E-state index is -1.02. The number of furan rings is 1. The lowest BCUT2D eigenvalue weighted by Crippen LogP contribution is -2.05. The van der Waals surface area contributed by atoms with E-state index in [1.54, 1.807) is 6.07 Å². The van der Waals surface area contributed by atoms with Crippen molar-refractivity contribution >= 4 is 11.6 Å². The number of nitrogens with zero attached hydrogens (tertiary/aromatic N) is 2. The second kappa shape index (κ2) is 4.51. The van der Waals surface area contributed by atoms with Gasteiger partial charge in [-0.3, -0.25) is 4.98 Å². The van der Waals surface area contributed by atoms with Gasteiger partial charge in [-0.2, -0.15) is 0 Å². The molecule has 5 nitrogen and oxygen atoms in total. The van der Waals surface area contributed by atoms with Crippen LogP contribution in [-0.2, 0) is 0 Å². The average Bonchev–Trinajstić information content (AvgIpc) is 2.74. The number of hydrogen-bond acceptors (Lipinski definition) is 5. The first kappa shape index (κ1) is 10.9. The number of hydrogen-bond donors (Lipinski definition) is 1. The molecule has 2 aromatic heterocycles. The first-order valence-corrected chi connectivity index (χ1v) is 4.87. The summed E-state index contributed by atoms with van der Waals surface area (Å²) in [6, 6.07) is 1.57. The van der Waals surface area contributed by atoms with E-state index in [4.69, 9.17) is 20.8 Å². The van der Waals surface area contributed by atoms with Crippen molar-refractivity contribution in [3.63, 3.8) is 0 Å². The zero-order chi connectivity index (χ0) is 11.5. The molecule has 84 valence electrons. The maximum absolute atomic E-state index is 10.0. The maximum atomic E-state index is 10.0. The molecular weight excluding hydrogens is 232 g/mol. The van der Waals surface area contributed by atoms with Crippen molar-refractivity contribution in [3.05, 3.63) is 41.2 Å². The molecule has 0 saturated heterocycles. The minimum absolute atomic E-state index is 0.125. The highest BCUT2D eigenvalue weighted by Crippen LogP contribution is 2.31. The Hall–Kier alpha value is -1.59. The van der Waals surface area contributed by atoms with E-state index < -0.39 is 6.10 Å². The van der Waals surface area contributed by atoms with Crippen LogP contribution in [0.25, 0.3) is 0 Å². The molecule has 1 N–H and O–H groups in total. The number of halogens is 1. The number of ether oxygens (including phenoxy) is 1. The average molecular weight is 241 g/mol. The molecule has 0 aromatic carbocycles. The summed E-state index contributed by atoms with van der Waals surface area (Å²) in [5.74, 6) is 0.257. The highest BCUT2D eigenvalue weighted by atomic mass is 35.5. The molecule has 0 amide bonds. The molecule has 2 rings (SSSR count). The monoisotopic (exact) mass is 240 g/mol. The van der Waals surface area contributed by atoms with Gasteiger partial charge in [0.2, 0.25) is 5.88 Å². The third kappa shape index (κ3) is 1.87. The van der Waals surface area contributed by atoms with Gasteiger partial charge in [-0.05, 0) is 17.7 Å². The quantitative estimate of drug-likeness (QED) is 0.886. The first-order valence-electron chi connectivity index (χ1n) is 4.50. The van der Waals surface area contributed by atoms with Gasteiger partial charge in [-0.1, -0.05) is 0 Å². The molecule has 1 unspecified atom stereocenters. The van der Waals surface area contributed by atoms with Crippen molar-refractivity contribution < 1.29 is 14.3 Å². The molecule has 16 heavy (non-hydrogen) atoms. The molecule has 0 aliphatic carbocycles. The molecule has 0 spiro atoms. The van der Waals surface area contributed by atoms with Crippen molar-refractivity contribution in [2.24, 2.45) is 0 Å². The second-order valence-electron chi connectivity index (χ2n) is 3.00. The highest BCUT2D eigenvalue weighted by molar-refractivity contribution is 6.29. The van der Waals surface area contributed by atoms with Gasteiger partial charge in [0.25, 0.3) is 0 Å². The van der Waals surface area contributed by atoms with Gasteiger partial charge in [-0.25, -0.2) is 4.98 Å². The molecule has 6 heteroatoms. The summed E-state index contributed by atoms with van der Waals surface area (Å²) in [6.45, 7) is 0. The third-order valence-electron chi connectivity index (χ3n) is 2.08. The van der Waals surface area contributed by atoms with E-state index in [0.717, 1.165) is 0 Å². The van der Waals surface area contributed by atoms with E-state index in [0.29, 0.717) is 11.3 Å². The van der Waals surface area contributed by atoms with Crippen molar-refractivity contribution in [1.82, 2.24) is 9.97 Å². The fourth-order valence-electron chi connectivity index (χ4n) is 1.33. The summed E-state index contributed by atoms with van der Waals surface area (Å²) >= 11 is 5.76. The summed E-state index contributed by atoms with van der Waals surface area (Å²) in [5, 5.41) is 10.2. The van der Waals surface area contributed by atoms with Gasteiger partial charge in [0.15, 0.2) is 5.22 Å². The Morgan fingerprint density at radius 1 is 1.44 bits per heavy atom. The third-order valence-corrected chi connectivity index (χ3v) is 2.39. The molecule has 0 bridgehead atoms. The molecule has 0 radical (unpaired) electrons. The zero-order valence-electron chi connectivity index (χ0n) is 8.42. The molecule has 0 aliphatic heterocycles. The number of aromatic nitrogens is 2. The lowest BCUT2D eigenvalue weighted by atomic mass is 10.1. The van der Waals surface area contributed by atoms with Crippen LogP contribution in [0.2, 0.25) is 5.22 Å². The second-order valence-corrected chi connectivity index (χ2v) is 3.35. The van der Waals surface area contributed by atoms with Crippen molar-refractivity contribution in [2.75, 3.05) is 7.11 Å². The summed E-state index contributed by atoms with van der Waals surface area (Å²) < 4.78 is 9.89. The van der Waals surface area contributed by atoms with Gasteiger partial charge < -0.3 is 14.3 Å². The summed E-state index contributed by atoms with van der Waals surface area (Å²) in [5.41, 5.74) is 0.730. The lowest BCUT2D eigenvalue weighted by Gasteiger charge is -2.10. The fraction of sp³-hybridized carbons (Fsp3) is 0.200. The molecule has 2 heterocycles. The van der Waals surface area contributed by atoms with E-state index in [1.165, 1.54) is 25.8 Å². The molecular formula is C10H9ClN2O3. The summed E-state index contributed by atoms with van der Waals surface area (Å²) in [4.78, 5) is 7.95. The molecule has 2 aromatic rings. The fourth-order valence-corrected chi connectivity index (χ4v) is 1.55. The van der Waals surface area contributed by atoms with Crippen LogP contribution in [0.1, 0.15) is 17.4 Å². The van der Waals surface area contributed by atoms with Crippen LogP contribution in [0.3, 0.4) is 0 Å². The van der Waals surface area contributed by atoms with Crippen molar-refractivity contribution in [3.8, 4) is 5.88 Å². The van der Waals surface area contributed by atoms with E-state index in [-0.39, 0.29) is 11.1 Å². The predicted molar refractivity (Wildman–Crippen MR) is 56.4 cm³/mol. The number of rotatable bonds is 3. The normalized spacial score (nSPS) is 12.4. The van der Waals surface area contributed by atoms with Crippen LogP contribution in [0, 0.1) is 0 Å². The van der Waals surface area contributed by atoms with Gasteiger partial charge in [-0.15, -0.1) is 0 Å². The number of aliphatic hydroxyl groups is 1. The number of aliphatic hydroxyl groups excluding tert-OH is 1. The Morgan fingerprint density at radius 3 is 2.81 bits per heavy atom. The van der Waals surface area contributed by atoms with E-state index >= 15 is 0 Å². The van der Waals surface area contributed by atoms with Crippen LogP contribution in [0.4, 0.5) is 0 Å². The molecule has 0 saturated carbocycles. The summed E-state index contributed by atoms with van der Waals surface area (Å²) in [7, 11) is 1.46. The van der Waals surface area contributed by atoms with Crippen LogP contribution in [0.15, 0.2) is 29.1 Å². The van der Waals surface area contributed by atoms with Crippen LogP contribution in [0.5, 0.6) is 5.88 Å². The Bertz CT molecular complexity index is 486. The van der Waals surface area contributed by atoms with Crippen LogP contribution in [-0.4, -0.2) is 22.2 Å². The minimum Gasteiger partial charge on any atom is -0.480 e. The van der Waals surface area contributed by atoms with Gasteiger partial charge >= 0.3 is 0 Å². The smallest absolute Gasteiger partial charge is 0.238 e. The Kier molecular flexibility index (Phi) is 3.07. The number of methoxy groups -OCH3 is 1. The lowest BCUT2D eigenvalue weighted by molar-refractivity contribution is 0.207. The summed E-state index contributed by atoms with van der Waals surface area (Å²) in [6.07, 6.45) is 3.32. The maximum Gasteiger partial charge on any atom is 0.238 e.